The Labute approximate surface area is 177 Å². The predicted octanol–water partition coefficient (Wildman–Crippen LogP) is 4.20. The first-order chi connectivity index (χ1) is 14.5. The molecule has 2 aromatic rings. The third-order valence-electron chi connectivity index (χ3n) is 6.52. The Balaban J connectivity index is 1.57. The molecular formula is C24H29N3O3. The van der Waals surface area contributed by atoms with Crippen LogP contribution < -0.4 is 5.32 Å². The first-order valence-electron chi connectivity index (χ1n) is 10.8. The van der Waals surface area contributed by atoms with Crippen molar-refractivity contribution in [1.82, 2.24) is 10.2 Å². The first kappa shape index (κ1) is 20.5. The standard InChI is InChI=1S/C24H29N3O3/c1-17(26-30)20-15-19(9-10-22(20)28)24(11-12-24)23(29)25-21(16-27-13-5-6-14-27)18-7-3-2-4-8-18/h2-4,7-10,15,17,21,28H,5-6,11-14,16H2,1H3,(H,25,29). The van der Waals surface area contributed by atoms with Crippen LogP contribution in [0.25, 0.3) is 0 Å². The van der Waals surface area contributed by atoms with E-state index in [1.807, 2.05) is 18.2 Å². The molecule has 2 unspecified atom stereocenters. The van der Waals surface area contributed by atoms with E-state index in [0.29, 0.717) is 5.56 Å². The molecule has 0 bridgehead atoms. The minimum Gasteiger partial charge on any atom is -0.508 e. The molecule has 1 aliphatic heterocycles. The van der Waals surface area contributed by atoms with Gasteiger partial charge in [-0.25, -0.2) is 0 Å². The number of amides is 1. The van der Waals surface area contributed by atoms with Gasteiger partial charge in [-0.2, -0.15) is 4.91 Å². The molecule has 6 nitrogen and oxygen atoms in total. The second-order valence-electron chi connectivity index (χ2n) is 8.58. The highest BCUT2D eigenvalue weighted by Gasteiger charge is 2.52. The van der Waals surface area contributed by atoms with Crippen LogP contribution in [0.15, 0.2) is 53.7 Å². The lowest BCUT2D eigenvalue weighted by molar-refractivity contribution is -0.124. The van der Waals surface area contributed by atoms with Crippen LogP contribution in [0.3, 0.4) is 0 Å². The maximum Gasteiger partial charge on any atom is 0.231 e. The summed E-state index contributed by atoms with van der Waals surface area (Å²) in [5.41, 5.74) is 1.83. The molecule has 0 radical (unpaired) electrons. The Kier molecular flexibility index (Phi) is 5.86. The van der Waals surface area contributed by atoms with E-state index < -0.39 is 11.5 Å². The zero-order valence-corrected chi connectivity index (χ0v) is 17.4. The SMILES string of the molecule is CC(N=O)c1cc(C2(C(=O)NC(CN3CCCC3)c3ccccc3)CC2)ccc1O. The zero-order valence-electron chi connectivity index (χ0n) is 17.4. The fourth-order valence-corrected chi connectivity index (χ4v) is 4.45. The number of carbonyl (C=O) groups excluding carboxylic acids is 1. The van der Waals surface area contributed by atoms with Crippen molar-refractivity contribution in [2.45, 2.75) is 50.1 Å². The average Bonchev–Trinajstić information content (AvgIpc) is 3.43. The van der Waals surface area contributed by atoms with Crippen molar-refractivity contribution in [3.8, 4) is 5.75 Å². The molecule has 1 aliphatic carbocycles. The molecule has 2 N–H and O–H groups in total. The van der Waals surface area contributed by atoms with Crippen LogP contribution >= 0.6 is 0 Å². The van der Waals surface area contributed by atoms with Crippen molar-refractivity contribution in [2.24, 2.45) is 5.18 Å². The van der Waals surface area contributed by atoms with Crippen molar-refractivity contribution < 1.29 is 9.90 Å². The van der Waals surface area contributed by atoms with Gasteiger partial charge >= 0.3 is 0 Å². The quantitative estimate of drug-likeness (QED) is 0.643. The van der Waals surface area contributed by atoms with E-state index in [1.54, 1.807) is 25.1 Å². The number of phenols is 1. The van der Waals surface area contributed by atoms with Gasteiger partial charge in [0.15, 0.2) is 0 Å². The maximum absolute atomic E-state index is 13.4. The fraction of sp³-hybridized carbons (Fsp3) is 0.458. The van der Waals surface area contributed by atoms with Crippen molar-refractivity contribution in [2.75, 3.05) is 19.6 Å². The van der Waals surface area contributed by atoms with Crippen LogP contribution in [-0.4, -0.2) is 35.5 Å². The van der Waals surface area contributed by atoms with E-state index in [9.17, 15) is 14.8 Å². The third-order valence-corrected chi connectivity index (χ3v) is 6.52. The van der Waals surface area contributed by atoms with Gasteiger partial charge in [0.1, 0.15) is 11.8 Å². The number of likely N-dealkylation sites (tertiary alicyclic amines) is 1. The maximum atomic E-state index is 13.4. The number of carbonyl (C=O) groups is 1. The first-order valence-corrected chi connectivity index (χ1v) is 10.8. The molecule has 2 atom stereocenters. The highest BCUT2D eigenvalue weighted by molar-refractivity contribution is 5.91. The Morgan fingerprint density at radius 2 is 1.87 bits per heavy atom. The van der Waals surface area contributed by atoms with Crippen LogP contribution in [-0.2, 0) is 10.2 Å². The van der Waals surface area contributed by atoms with E-state index in [2.05, 4.69) is 27.5 Å². The summed E-state index contributed by atoms with van der Waals surface area (Å²) in [5.74, 6) is 0.0529. The van der Waals surface area contributed by atoms with Gasteiger partial charge in [0.05, 0.1) is 11.5 Å². The van der Waals surface area contributed by atoms with Gasteiger partial charge in [-0.3, -0.25) is 4.79 Å². The lowest BCUT2D eigenvalue weighted by atomic mass is 9.91. The van der Waals surface area contributed by atoms with Crippen LogP contribution in [0.1, 0.15) is 61.4 Å². The van der Waals surface area contributed by atoms with Gasteiger partial charge in [-0.05, 0) is 69.0 Å². The van der Waals surface area contributed by atoms with Crippen LogP contribution in [0.2, 0.25) is 0 Å². The Morgan fingerprint density at radius 1 is 1.17 bits per heavy atom. The molecule has 2 aliphatic rings. The fourth-order valence-electron chi connectivity index (χ4n) is 4.45. The van der Waals surface area contributed by atoms with E-state index in [4.69, 9.17) is 0 Å². The van der Waals surface area contributed by atoms with Gasteiger partial charge in [0, 0.05) is 12.1 Å². The van der Waals surface area contributed by atoms with Crippen molar-refractivity contribution in [3.63, 3.8) is 0 Å². The van der Waals surface area contributed by atoms with Crippen molar-refractivity contribution in [3.05, 3.63) is 70.1 Å². The molecule has 2 fully saturated rings. The van der Waals surface area contributed by atoms with E-state index in [-0.39, 0.29) is 17.7 Å². The van der Waals surface area contributed by atoms with E-state index in [1.165, 1.54) is 12.8 Å². The molecule has 30 heavy (non-hydrogen) atoms. The summed E-state index contributed by atoms with van der Waals surface area (Å²) in [4.78, 5) is 26.8. The van der Waals surface area contributed by atoms with Crippen molar-refractivity contribution in [1.29, 1.82) is 0 Å². The second kappa shape index (κ2) is 8.56. The molecule has 1 heterocycles. The molecule has 1 amide bonds. The molecule has 2 aromatic carbocycles. The summed E-state index contributed by atoms with van der Waals surface area (Å²) in [5, 5.41) is 16.5. The van der Waals surface area contributed by atoms with Crippen LogP contribution in [0.5, 0.6) is 5.75 Å². The number of nitrogens with one attached hydrogen (secondary N) is 1. The Hall–Kier alpha value is -2.73. The second-order valence-corrected chi connectivity index (χ2v) is 8.58. The predicted molar refractivity (Wildman–Crippen MR) is 116 cm³/mol. The summed E-state index contributed by atoms with van der Waals surface area (Å²) in [6.07, 6.45) is 3.94. The number of hydrogen-bond donors (Lipinski definition) is 2. The summed E-state index contributed by atoms with van der Waals surface area (Å²) in [6.45, 7) is 4.59. The summed E-state index contributed by atoms with van der Waals surface area (Å²) in [6, 6.07) is 14.5. The van der Waals surface area contributed by atoms with E-state index in [0.717, 1.165) is 43.6 Å². The summed E-state index contributed by atoms with van der Waals surface area (Å²) >= 11 is 0. The van der Waals surface area contributed by atoms with Gasteiger partial charge in [0.25, 0.3) is 0 Å². The topological polar surface area (TPSA) is 82.0 Å². The highest BCUT2D eigenvalue weighted by atomic mass is 16.3. The molecule has 158 valence electrons. The minimum atomic E-state index is -0.656. The van der Waals surface area contributed by atoms with Crippen LogP contribution in [0.4, 0.5) is 0 Å². The van der Waals surface area contributed by atoms with E-state index >= 15 is 0 Å². The van der Waals surface area contributed by atoms with Gasteiger partial charge < -0.3 is 15.3 Å². The molecule has 4 rings (SSSR count). The average molecular weight is 408 g/mol. The van der Waals surface area contributed by atoms with Gasteiger partial charge in [0.2, 0.25) is 5.91 Å². The third kappa shape index (κ3) is 4.10. The molecule has 0 aromatic heterocycles. The largest absolute Gasteiger partial charge is 0.508 e. The smallest absolute Gasteiger partial charge is 0.231 e. The lowest BCUT2D eigenvalue weighted by Crippen LogP contribution is -2.41. The Bertz CT molecular complexity index is 905. The number of nitroso groups, excluding NO2 is 1. The minimum absolute atomic E-state index is 0.0129. The number of aromatic hydroxyl groups is 1. The van der Waals surface area contributed by atoms with Gasteiger partial charge in [-0.15, -0.1) is 0 Å². The number of benzene rings is 2. The number of rotatable bonds is 8. The van der Waals surface area contributed by atoms with Crippen LogP contribution in [0, 0.1) is 4.91 Å². The molecule has 1 saturated heterocycles. The normalized spacial score (nSPS) is 19.8. The highest BCUT2D eigenvalue weighted by Crippen LogP contribution is 2.50. The molecule has 1 saturated carbocycles. The number of phenolic OH excluding ortho intramolecular Hbond substituents is 1. The molecule has 6 heteroatoms. The number of nitrogens with zero attached hydrogens (tertiary/aromatic N) is 2. The summed E-state index contributed by atoms with van der Waals surface area (Å²) < 4.78 is 0. The molecular weight excluding hydrogens is 378 g/mol. The molecule has 0 spiro atoms. The zero-order chi connectivity index (χ0) is 21.1. The Morgan fingerprint density at radius 3 is 2.50 bits per heavy atom. The summed E-state index contributed by atoms with van der Waals surface area (Å²) in [7, 11) is 0. The monoisotopic (exact) mass is 407 g/mol. The lowest BCUT2D eigenvalue weighted by Gasteiger charge is -2.27. The number of hydrogen-bond acceptors (Lipinski definition) is 5. The van der Waals surface area contributed by atoms with Crippen molar-refractivity contribution >= 4 is 5.91 Å². The van der Waals surface area contributed by atoms with Gasteiger partial charge in [-0.1, -0.05) is 41.6 Å².